The number of rotatable bonds is 4. The third kappa shape index (κ3) is 3.04. The van der Waals surface area contributed by atoms with E-state index in [1.54, 1.807) is 6.07 Å². The molecular weight excluding hydrogens is 258 g/mol. The minimum absolute atomic E-state index is 0.207. The maximum Gasteiger partial charge on any atom is 0.321 e. The highest BCUT2D eigenvalue weighted by Gasteiger charge is 2.34. The van der Waals surface area contributed by atoms with Crippen LogP contribution >= 0.6 is 0 Å². The summed E-state index contributed by atoms with van der Waals surface area (Å²) in [4.78, 5) is 11.3. The Morgan fingerprint density at radius 2 is 1.80 bits per heavy atom. The Hall–Kier alpha value is -1.75. The molecular formula is C15H21NO4. The summed E-state index contributed by atoms with van der Waals surface area (Å²) in [7, 11) is 0. The van der Waals surface area contributed by atoms with Crippen molar-refractivity contribution in [2.75, 3.05) is 0 Å². The Morgan fingerprint density at radius 3 is 2.35 bits per heavy atom. The highest BCUT2D eigenvalue weighted by atomic mass is 16.4. The molecule has 1 aliphatic rings. The van der Waals surface area contributed by atoms with Crippen LogP contribution < -0.4 is 5.73 Å². The van der Waals surface area contributed by atoms with Crippen LogP contribution in [0.2, 0.25) is 0 Å². The molecule has 2 rings (SSSR count). The number of hydrogen-bond donors (Lipinski definition) is 4. The van der Waals surface area contributed by atoms with Gasteiger partial charge in [0, 0.05) is 5.92 Å². The van der Waals surface area contributed by atoms with Gasteiger partial charge in [0.05, 0.1) is 0 Å². The Kier molecular flexibility index (Phi) is 4.49. The van der Waals surface area contributed by atoms with Gasteiger partial charge in [0.25, 0.3) is 0 Å². The second-order valence-electron chi connectivity index (χ2n) is 5.54. The van der Waals surface area contributed by atoms with Gasteiger partial charge in [0.2, 0.25) is 0 Å². The summed E-state index contributed by atoms with van der Waals surface area (Å²) in [5.74, 6) is -1.60. The van der Waals surface area contributed by atoms with E-state index in [-0.39, 0.29) is 23.3 Å². The van der Waals surface area contributed by atoms with E-state index < -0.39 is 12.0 Å². The summed E-state index contributed by atoms with van der Waals surface area (Å²) in [5.41, 5.74) is 6.55. The van der Waals surface area contributed by atoms with Crippen LogP contribution in [0.5, 0.6) is 11.5 Å². The standard InChI is InChI=1S/C15H21NO4/c16-14(15(19)20)13(9-4-2-1-3-5-9)10-6-7-11(17)12(18)8-10/h6-9,13-14,17-18H,1-5,16H2,(H,19,20). The topological polar surface area (TPSA) is 104 Å². The van der Waals surface area contributed by atoms with E-state index in [1.165, 1.54) is 18.6 Å². The number of benzene rings is 1. The molecule has 1 aromatic carbocycles. The number of phenolic OH excluding ortho intramolecular Hbond substituents is 2. The fourth-order valence-electron chi connectivity index (χ4n) is 3.17. The number of nitrogens with two attached hydrogens (primary N) is 1. The van der Waals surface area contributed by atoms with Crippen LogP contribution in [0, 0.1) is 5.92 Å². The Labute approximate surface area is 118 Å². The Balaban J connectivity index is 2.33. The van der Waals surface area contributed by atoms with Crippen molar-refractivity contribution in [3.8, 4) is 11.5 Å². The molecule has 0 aromatic heterocycles. The number of aromatic hydroxyl groups is 2. The average Bonchev–Trinajstić information content (AvgIpc) is 2.44. The highest BCUT2D eigenvalue weighted by Crippen LogP contribution is 2.40. The van der Waals surface area contributed by atoms with Crippen molar-refractivity contribution in [2.24, 2.45) is 11.7 Å². The molecule has 1 fully saturated rings. The van der Waals surface area contributed by atoms with Gasteiger partial charge in [0.1, 0.15) is 6.04 Å². The number of carboxylic acid groups (broad SMARTS) is 1. The van der Waals surface area contributed by atoms with E-state index >= 15 is 0 Å². The smallest absolute Gasteiger partial charge is 0.321 e. The van der Waals surface area contributed by atoms with E-state index in [9.17, 15) is 20.1 Å². The number of carboxylic acids is 1. The molecule has 0 spiro atoms. The molecule has 5 N–H and O–H groups in total. The van der Waals surface area contributed by atoms with E-state index in [0.29, 0.717) is 5.56 Å². The Bertz CT molecular complexity index is 483. The van der Waals surface area contributed by atoms with Crippen LogP contribution in [0.25, 0.3) is 0 Å². The van der Waals surface area contributed by atoms with Crippen molar-refractivity contribution >= 4 is 5.97 Å². The summed E-state index contributed by atoms with van der Waals surface area (Å²) in [6.45, 7) is 0. The van der Waals surface area contributed by atoms with Crippen molar-refractivity contribution in [1.29, 1.82) is 0 Å². The van der Waals surface area contributed by atoms with Gasteiger partial charge in [-0.05, 0) is 36.5 Å². The molecule has 2 unspecified atom stereocenters. The fraction of sp³-hybridized carbons (Fsp3) is 0.533. The SMILES string of the molecule is NC(C(=O)O)C(c1ccc(O)c(O)c1)C1CCCCC1. The zero-order valence-electron chi connectivity index (χ0n) is 11.3. The molecule has 5 heteroatoms. The summed E-state index contributed by atoms with van der Waals surface area (Å²) in [6.07, 6.45) is 5.24. The minimum atomic E-state index is -1.03. The van der Waals surface area contributed by atoms with Gasteiger partial charge in [-0.3, -0.25) is 4.79 Å². The summed E-state index contributed by atoms with van der Waals surface area (Å²) < 4.78 is 0. The minimum Gasteiger partial charge on any atom is -0.504 e. The first-order valence-electron chi connectivity index (χ1n) is 7.01. The second-order valence-corrected chi connectivity index (χ2v) is 5.54. The molecule has 110 valence electrons. The maximum absolute atomic E-state index is 11.3. The van der Waals surface area contributed by atoms with Crippen LogP contribution in [0.15, 0.2) is 18.2 Å². The monoisotopic (exact) mass is 279 g/mol. The predicted octanol–water partition coefficient (Wildman–Crippen LogP) is 2.17. The van der Waals surface area contributed by atoms with Crippen molar-refractivity contribution in [1.82, 2.24) is 0 Å². The molecule has 0 bridgehead atoms. The molecule has 5 nitrogen and oxygen atoms in total. The largest absolute Gasteiger partial charge is 0.504 e. The third-order valence-corrected chi connectivity index (χ3v) is 4.21. The molecule has 20 heavy (non-hydrogen) atoms. The molecule has 0 saturated heterocycles. The van der Waals surface area contributed by atoms with Gasteiger partial charge in [-0.25, -0.2) is 0 Å². The highest BCUT2D eigenvalue weighted by molar-refractivity contribution is 5.74. The molecule has 0 radical (unpaired) electrons. The zero-order valence-corrected chi connectivity index (χ0v) is 11.3. The van der Waals surface area contributed by atoms with Crippen molar-refractivity contribution in [3.63, 3.8) is 0 Å². The number of carbonyl (C=O) groups is 1. The second kappa shape index (κ2) is 6.13. The van der Waals surface area contributed by atoms with Gasteiger partial charge in [-0.15, -0.1) is 0 Å². The van der Waals surface area contributed by atoms with E-state index in [1.807, 2.05) is 0 Å². The molecule has 1 aliphatic carbocycles. The van der Waals surface area contributed by atoms with Crippen LogP contribution in [0.3, 0.4) is 0 Å². The normalized spacial score (nSPS) is 19.4. The number of aliphatic carboxylic acids is 1. The average molecular weight is 279 g/mol. The first-order valence-corrected chi connectivity index (χ1v) is 7.01. The van der Waals surface area contributed by atoms with Crippen molar-refractivity contribution in [2.45, 2.75) is 44.1 Å². The molecule has 0 amide bonds. The molecule has 1 aromatic rings. The first-order chi connectivity index (χ1) is 9.50. The zero-order chi connectivity index (χ0) is 14.7. The predicted molar refractivity (Wildman–Crippen MR) is 74.7 cm³/mol. The molecule has 1 saturated carbocycles. The number of phenols is 2. The van der Waals surface area contributed by atoms with Crippen LogP contribution in [0.4, 0.5) is 0 Å². The lowest BCUT2D eigenvalue weighted by Gasteiger charge is -2.33. The van der Waals surface area contributed by atoms with Crippen LogP contribution in [-0.2, 0) is 4.79 Å². The molecule has 2 atom stereocenters. The van der Waals surface area contributed by atoms with Gasteiger partial charge in [-0.1, -0.05) is 25.3 Å². The Morgan fingerprint density at radius 1 is 1.15 bits per heavy atom. The van der Waals surface area contributed by atoms with Crippen molar-refractivity contribution in [3.05, 3.63) is 23.8 Å². The fourth-order valence-corrected chi connectivity index (χ4v) is 3.17. The number of hydrogen-bond acceptors (Lipinski definition) is 4. The van der Waals surface area contributed by atoms with Crippen LogP contribution in [-0.4, -0.2) is 27.3 Å². The lowest BCUT2D eigenvalue weighted by molar-refractivity contribution is -0.139. The summed E-state index contributed by atoms with van der Waals surface area (Å²) in [6, 6.07) is 3.46. The van der Waals surface area contributed by atoms with E-state index in [0.717, 1.165) is 25.7 Å². The lowest BCUT2D eigenvalue weighted by atomic mass is 9.73. The van der Waals surface area contributed by atoms with Crippen molar-refractivity contribution < 1.29 is 20.1 Å². The van der Waals surface area contributed by atoms with E-state index in [4.69, 9.17) is 5.73 Å². The van der Waals surface area contributed by atoms with Gasteiger partial charge in [-0.2, -0.15) is 0 Å². The quantitative estimate of drug-likeness (QED) is 0.632. The van der Waals surface area contributed by atoms with Crippen LogP contribution in [0.1, 0.15) is 43.6 Å². The van der Waals surface area contributed by atoms with Gasteiger partial charge in [0.15, 0.2) is 11.5 Å². The van der Waals surface area contributed by atoms with Gasteiger partial charge < -0.3 is 21.1 Å². The lowest BCUT2D eigenvalue weighted by Crippen LogP contribution is -2.40. The molecule has 0 aliphatic heterocycles. The maximum atomic E-state index is 11.3. The van der Waals surface area contributed by atoms with E-state index in [2.05, 4.69) is 0 Å². The molecule has 0 heterocycles. The summed E-state index contributed by atoms with van der Waals surface area (Å²) in [5, 5.41) is 28.2. The summed E-state index contributed by atoms with van der Waals surface area (Å²) >= 11 is 0. The van der Waals surface area contributed by atoms with Gasteiger partial charge >= 0.3 is 5.97 Å². The third-order valence-electron chi connectivity index (χ3n) is 4.21. The first kappa shape index (κ1) is 14.7.